The summed E-state index contributed by atoms with van der Waals surface area (Å²) in [5.74, 6) is 1.06. The molecule has 0 spiro atoms. The van der Waals surface area contributed by atoms with Gasteiger partial charge in [-0.1, -0.05) is 39.5 Å². The van der Waals surface area contributed by atoms with Crippen LogP contribution in [0.25, 0.3) is 0 Å². The molecule has 0 amide bonds. The van der Waals surface area contributed by atoms with Gasteiger partial charge < -0.3 is 5.11 Å². The van der Waals surface area contributed by atoms with Crippen molar-refractivity contribution in [2.75, 3.05) is 0 Å². The second-order valence-electron chi connectivity index (χ2n) is 5.97. The fraction of sp³-hybridized carbons (Fsp3) is 0.786. The largest absolute Gasteiger partial charge is 0.481 e. The first-order chi connectivity index (χ1) is 9.03. The third-order valence-corrected chi connectivity index (χ3v) is 4.09. The van der Waals surface area contributed by atoms with Crippen LogP contribution in [0.3, 0.4) is 0 Å². The van der Waals surface area contributed by atoms with E-state index in [1.54, 1.807) is 0 Å². The lowest BCUT2D eigenvalue weighted by Gasteiger charge is -2.26. The van der Waals surface area contributed by atoms with Crippen molar-refractivity contribution in [1.82, 2.24) is 15.2 Å². The lowest BCUT2D eigenvalue weighted by atomic mass is 9.77. The molecule has 0 unspecified atom stereocenters. The van der Waals surface area contributed by atoms with Gasteiger partial charge in [0, 0.05) is 12.3 Å². The van der Waals surface area contributed by atoms with Gasteiger partial charge in [-0.3, -0.25) is 9.89 Å². The van der Waals surface area contributed by atoms with Gasteiger partial charge in [-0.25, -0.2) is 4.98 Å². The molecule has 1 aromatic heterocycles. The SMILES string of the molecule is CC(C)c1n[nH]c(CC2(C(=O)O)CCCCCC2)n1. The molecule has 0 aliphatic heterocycles. The zero-order valence-electron chi connectivity index (χ0n) is 11.8. The van der Waals surface area contributed by atoms with Gasteiger partial charge in [-0.15, -0.1) is 0 Å². The molecule has 1 aliphatic rings. The van der Waals surface area contributed by atoms with Crippen LogP contribution in [0.1, 0.15) is 69.9 Å². The molecule has 5 nitrogen and oxygen atoms in total. The predicted molar refractivity (Wildman–Crippen MR) is 71.9 cm³/mol. The molecular formula is C14H23N3O2. The van der Waals surface area contributed by atoms with Crippen molar-refractivity contribution in [3.05, 3.63) is 11.6 Å². The van der Waals surface area contributed by atoms with Crippen LogP contribution in [0.4, 0.5) is 0 Å². The van der Waals surface area contributed by atoms with Gasteiger partial charge in [0.05, 0.1) is 5.41 Å². The molecule has 1 aromatic rings. The summed E-state index contributed by atoms with van der Waals surface area (Å²) in [6, 6.07) is 0. The second-order valence-corrected chi connectivity index (χ2v) is 5.97. The average Bonchev–Trinajstić information content (AvgIpc) is 2.68. The Bertz CT molecular complexity index is 432. The maximum absolute atomic E-state index is 11.7. The number of carboxylic acids is 1. The Morgan fingerprint density at radius 3 is 2.42 bits per heavy atom. The highest BCUT2D eigenvalue weighted by Gasteiger charge is 2.39. The molecule has 0 saturated heterocycles. The Morgan fingerprint density at radius 2 is 1.95 bits per heavy atom. The summed E-state index contributed by atoms with van der Waals surface area (Å²) in [7, 11) is 0. The van der Waals surface area contributed by atoms with Gasteiger partial charge in [-0.05, 0) is 12.8 Å². The Morgan fingerprint density at radius 1 is 1.32 bits per heavy atom. The van der Waals surface area contributed by atoms with Crippen LogP contribution in [0, 0.1) is 5.41 Å². The summed E-state index contributed by atoms with van der Waals surface area (Å²) in [5, 5.41) is 16.7. The molecule has 0 radical (unpaired) electrons. The monoisotopic (exact) mass is 265 g/mol. The Labute approximate surface area is 113 Å². The van der Waals surface area contributed by atoms with Gasteiger partial charge in [0.2, 0.25) is 0 Å². The summed E-state index contributed by atoms with van der Waals surface area (Å²) >= 11 is 0. The summed E-state index contributed by atoms with van der Waals surface area (Å²) in [5.41, 5.74) is -0.649. The van der Waals surface area contributed by atoms with E-state index in [4.69, 9.17) is 0 Å². The van der Waals surface area contributed by atoms with Crippen molar-refractivity contribution >= 4 is 5.97 Å². The van der Waals surface area contributed by atoms with E-state index in [2.05, 4.69) is 15.2 Å². The second kappa shape index (κ2) is 5.72. The normalized spacial score (nSPS) is 19.3. The molecule has 1 aliphatic carbocycles. The number of aromatic nitrogens is 3. The van der Waals surface area contributed by atoms with Crippen molar-refractivity contribution in [2.45, 2.75) is 64.7 Å². The molecule has 0 aromatic carbocycles. The van der Waals surface area contributed by atoms with E-state index >= 15 is 0 Å². The van der Waals surface area contributed by atoms with E-state index in [9.17, 15) is 9.90 Å². The molecule has 19 heavy (non-hydrogen) atoms. The number of aliphatic carboxylic acids is 1. The third-order valence-electron chi connectivity index (χ3n) is 4.09. The molecule has 0 bridgehead atoms. The fourth-order valence-electron chi connectivity index (χ4n) is 2.84. The molecule has 2 rings (SSSR count). The van der Waals surface area contributed by atoms with Crippen molar-refractivity contribution < 1.29 is 9.90 Å². The quantitative estimate of drug-likeness (QED) is 0.820. The first-order valence-corrected chi connectivity index (χ1v) is 7.18. The smallest absolute Gasteiger partial charge is 0.310 e. The van der Waals surface area contributed by atoms with Gasteiger partial charge in [0.15, 0.2) is 5.82 Å². The van der Waals surface area contributed by atoms with Crippen molar-refractivity contribution in [3.8, 4) is 0 Å². The number of carboxylic acid groups (broad SMARTS) is 1. The van der Waals surface area contributed by atoms with Crippen LogP contribution in [0.15, 0.2) is 0 Å². The zero-order valence-corrected chi connectivity index (χ0v) is 11.8. The van der Waals surface area contributed by atoms with E-state index in [1.165, 1.54) is 0 Å². The summed E-state index contributed by atoms with van der Waals surface area (Å²) in [6.45, 7) is 4.07. The van der Waals surface area contributed by atoms with E-state index < -0.39 is 11.4 Å². The molecular weight excluding hydrogens is 242 g/mol. The molecule has 2 N–H and O–H groups in total. The Balaban J connectivity index is 2.17. The van der Waals surface area contributed by atoms with Crippen LogP contribution in [-0.2, 0) is 11.2 Å². The van der Waals surface area contributed by atoms with E-state index in [0.717, 1.165) is 44.3 Å². The maximum atomic E-state index is 11.7. The number of carbonyl (C=O) groups is 1. The minimum Gasteiger partial charge on any atom is -0.481 e. The highest BCUT2D eigenvalue weighted by atomic mass is 16.4. The van der Waals surface area contributed by atoms with Gasteiger partial charge in [0.1, 0.15) is 5.82 Å². The van der Waals surface area contributed by atoms with Crippen molar-refractivity contribution in [3.63, 3.8) is 0 Å². The number of nitrogens with zero attached hydrogens (tertiary/aromatic N) is 2. The minimum absolute atomic E-state index is 0.264. The highest BCUT2D eigenvalue weighted by Crippen LogP contribution is 2.37. The molecule has 1 heterocycles. The van der Waals surface area contributed by atoms with E-state index in [-0.39, 0.29) is 5.92 Å². The van der Waals surface area contributed by atoms with Gasteiger partial charge >= 0.3 is 5.97 Å². The number of hydrogen-bond acceptors (Lipinski definition) is 3. The molecule has 0 atom stereocenters. The number of rotatable bonds is 4. The van der Waals surface area contributed by atoms with Crippen LogP contribution in [0.5, 0.6) is 0 Å². The molecule has 5 heteroatoms. The standard InChI is InChI=1S/C14H23N3O2/c1-10(2)12-15-11(16-17-12)9-14(13(18)19)7-5-3-4-6-8-14/h10H,3-9H2,1-2H3,(H,18,19)(H,15,16,17). The Hall–Kier alpha value is -1.39. The molecule has 1 saturated carbocycles. The number of H-pyrrole nitrogens is 1. The van der Waals surface area contributed by atoms with Crippen molar-refractivity contribution in [1.29, 1.82) is 0 Å². The third kappa shape index (κ3) is 3.14. The van der Waals surface area contributed by atoms with Crippen molar-refractivity contribution in [2.24, 2.45) is 5.41 Å². The van der Waals surface area contributed by atoms with Gasteiger partial charge in [-0.2, -0.15) is 5.10 Å². The zero-order chi connectivity index (χ0) is 13.9. The summed E-state index contributed by atoms with van der Waals surface area (Å²) in [6.07, 6.45) is 6.25. The Kier molecular flexibility index (Phi) is 4.22. The van der Waals surface area contributed by atoms with Crippen LogP contribution in [0.2, 0.25) is 0 Å². The first-order valence-electron chi connectivity index (χ1n) is 7.18. The lowest BCUT2D eigenvalue weighted by Crippen LogP contribution is -2.33. The van der Waals surface area contributed by atoms with Crippen LogP contribution in [-0.4, -0.2) is 26.3 Å². The summed E-state index contributed by atoms with van der Waals surface area (Å²) in [4.78, 5) is 16.1. The highest BCUT2D eigenvalue weighted by molar-refractivity contribution is 5.75. The fourth-order valence-corrected chi connectivity index (χ4v) is 2.84. The average molecular weight is 265 g/mol. The predicted octanol–water partition coefficient (Wildman–Crippen LogP) is 2.90. The minimum atomic E-state index is -0.683. The van der Waals surface area contributed by atoms with E-state index in [0.29, 0.717) is 12.2 Å². The van der Waals surface area contributed by atoms with Gasteiger partial charge in [0.25, 0.3) is 0 Å². The first kappa shape index (κ1) is 14.0. The van der Waals surface area contributed by atoms with E-state index in [1.807, 2.05) is 13.8 Å². The number of nitrogens with one attached hydrogen (secondary N) is 1. The van der Waals surface area contributed by atoms with Crippen LogP contribution < -0.4 is 0 Å². The molecule has 106 valence electrons. The lowest BCUT2D eigenvalue weighted by molar-refractivity contribution is -0.150. The number of hydrogen-bond donors (Lipinski definition) is 2. The number of aromatic amines is 1. The molecule has 1 fully saturated rings. The summed E-state index contributed by atoms with van der Waals surface area (Å²) < 4.78 is 0. The topological polar surface area (TPSA) is 78.9 Å². The maximum Gasteiger partial charge on any atom is 0.310 e. The van der Waals surface area contributed by atoms with Crippen LogP contribution >= 0.6 is 0 Å².